The number of benzene rings is 3. The van der Waals surface area contributed by atoms with Crippen LogP contribution < -0.4 is 15.5 Å². The van der Waals surface area contributed by atoms with Gasteiger partial charge in [-0.1, -0.05) is 42.0 Å². The summed E-state index contributed by atoms with van der Waals surface area (Å²) in [5.74, 6) is -0.0673. The van der Waals surface area contributed by atoms with Gasteiger partial charge in [-0.2, -0.15) is 5.10 Å². The van der Waals surface area contributed by atoms with E-state index in [4.69, 9.17) is 4.74 Å². The molecule has 6 nitrogen and oxygen atoms in total. The minimum atomic E-state index is -0.483. The molecule has 0 aliphatic heterocycles. The molecule has 3 aromatic carbocycles. The van der Waals surface area contributed by atoms with Gasteiger partial charge in [0.05, 0.1) is 12.8 Å². The standard InChI is InChI=1S/C24H25N3O3/c1-4-30-22-12-10-18(19-7-5-6-8-20(19)22)15-25-27-24(29)14-23(28)26-21-11-9-16(2)13-17(21)3/h5-13,15H,4,14H2,1-3H3,(H,26,28)(H,27,29). The van der Waals surface area contributed by atoms with E-state index in [1.807, 2.05) is 75.4 Å². The molecule has 0 fully saturated rings. The fourth-order valence-corrected chi connectivity index (χ4v) is 3.20. The van der Waals surface area contributed by atoms with Crippen LogP contribution >= 0.6 is 0 Å². The Kier molecular flexibility index (Phi) is 6.80. The molecule has 2 N–H and O–H groups in total. The predicted molar refractivity (Wildman–Crippen MR) is 120 cm³/mol. The summed E-state index contributed by atoms with van der Waals surface area (Å²) >= 11 is 0. The summed E-state index contributed by atoms with van der Waals surface area (Å²) in [5.41, 5.74) is 6.01. The lowest BCUT2D eigenvalue weighted by molar-refractivity contribution is -0.126. The SMILES string of the molecule is CCOc1ccc(C=NNC(=O)CC(=O)Nc2ccc(C)cc2C)c2ccccc12. The zero-order valence-corrected chi connectivity index (χ0v) is 17.4. The maximum atomic E-state index is 12.1. The number of fused-ring (bicyclic) bond motifs is 1. The Labute approximate surface area is 175 Å². The second kappa shape index (κ2) is 9.69. The van der Waals surface area contributed by atoms with Gasteiger partial charge in [0, 0.05) is 16.6 Å². The molecule has 0 saturated heterocycles. The van der Waals surface area contributed by atoms with Crippen LogP contribution in [-0.2, 0) is 9.59 Å². The van der Waals surface area contributed by atoms with Gasteiger partial charge in [0.1, 0.15) is 12.2 Å². The number of nitrogens with one attached hydrogen (secondary N) is 2. The average molecular weight is 403 g/mol. The Morgan fingerprint density at radius 1 is 1.00 bits per heavy atom. The van der Waals surface area contributed by atoms with Crippen LogP contribution in [0.2, 0.25) is 0 Å². The van der Waals surface area contributed by atoms with Crippen LogP contribution in [0, 0.1) is 13.8 Å². The molecule has 2 amide bonds. The van der Waals surface area contributed by atoms with E-state index in [1.54, 1.807) is 6.21 Å². The number of anilines is 1. The van der Waals surface area contributed by atoms with Gasteiger partial charge in [0.2, 0.25) is 11.8 Å². The average Bonchev–Trinajstić information content (AvgIpc) is 2.72. The number of carbonyl (C=O) groups excluding carboxylic acids is 2. The van der Waals surface area contributed by atoms with E-state index in [0.29, 0.717) is 12.3 Å². The predicted octanol–water partition coefficient (Wildman–Crippen LogP) is 4.33. The molecule has 0 bridgehead atoms. The highest BCUT2D eigenvalue weighted by molar-refractivity contribution is 6.05. The molecule has 6 heteroatoms. The van der Waals surface area contributed by atoms with E-state index in [2.05, 4.69) is 15.8 Å². The summed E-state index contributed by atoms with van der Waals surface area (Å²) in [6.45, 7) is 6.42. The van der Waals surface area contributed by atoms with Crippen molar-refractivity contribution in [1.82, 2.24) is 5.43 Å². The van der Waals surface area contributed by atoms with Crippen LogP contribution in [0.1, 0.15) is 30.0 Å². The summed E-state index contributed by atoms with van der Waals surface area (Å²) in [4.78, 5) is 24.2. The number of rotatable bonds is 7. The number of hydrogen-bond donors (Lipinski definition) is 2. The number of nitrogens with zero attached hydrogens (tertiary/aromatic N) is 1. The number of aryl methyl sites for hydroxylation is 2. The fraction of sp³-hybridized carbons (Fsp3) is 0.208. The molecule has 0 atom stereocenters. The third-order valence-electron chi connectivity index (χ3n) is 4.59. The first-order valence-corrected chi connectivity index (χ1v) is 9.81. The molecule has 0 aliphatic carbocycles. The van der Waals surface area contributed by atoms with Crippen molar-refractivity contribution in [3.05, 3.63) is 71.3 Å². The monoisotopic (exact) mass is 403 g/mol. The van der Waals surface area contributed by atoms with E-state index in [0.717, 1.165) is 33.2 Å². The summed E-state index contributed by atoms with van der Waals surface area (Å²) in [6, 6.07) is 17.3. The van der Waals surface area contributed by atoms with Crippen molar-refractivity contribution < 1.29 is 14.3 Å². The lowest BCUT2D eigenvalue weighted by atomic mass is 10.0. The zero-order valence-electron chi connectivity index (χ0n) is 17.4. The van der Waals surface area contributed by atoms with Gasteiger partial charge < -0.3 is 10.1 Å². The highest BCUT2D eigenvalue weighted by atomic mass is 16.5. The Balaban J connectivity index is 1.62. The van der Waals surface area contributed by atoms with Crippen LogP contribution in [0.4, 0.5) is 5.69 Å². The highest BCUT2D eigenvalue weighted by Gasteiger charge is 2.10. The van der Waals surface area contributed by atoms with Gasteiger partial charge in [-0.05, 0) is 49.9 Å². The van der Waals surface area contributed by atoms with Gasteiger partial charge in [0.25, 0.3) is 0 Å². The molecule has 0 saturated carbocycles. The van der Waals surface area contributed by atoms with Crippen LogP contribution in [0.5, 0.6) is 5.75 Å². The summed E-state index contributed by atoms with van der Waals surface area (Å²) in [7, 11) is 0. The van der Waals surface area contributed by atoms with Crippen LogP contribution in [0.15, 0.2) is 59.7 Å². The zero-order chi connectivity index (χ0) is 21.5. The van der Waals surface area contributed by atoms with Crippen molar-refractivity contribution in [2.45, 2.75) is 27.2 Å². The first kappa shape index (κ1) is 21.0. The summed E-state index contributed by atoms with van der Waals surface area (Å²) in [6.07, 6.45) is 1.26. The second-order valence-corrected chi connectivity index (χ2v) is 6.97. The molecule has 3 aromatic rings. The number of hydrazone groups is 1. The first-order chi connectivity index (χ1) is 14.5. The van der Waals surface area contributed by atoms with E-state index in [1.165, 1.54) is 0 Å². The lowest BCUT2D eigenvalue weighted by Crippen LogP contribution is -2.24. The first-order valence-electron chi connectivity index (χ1n) is 9.81. The van der Waals surface area contributed by atoms with Gasteiger partial charge in [0.15, 0.2) is 0 Å². The smallest absolute Gasteiger partial charge is 0.249 e. The van der Waals surface area contributed by atoms with Crippen molar-refractivity contribution in [3.8, 4) is 5.75 Å². The number of carbonyl (C=O) groups is 2. The molecule has 0 aliphatic rings. The normalized spacial score (nSPS) is 10.9. The molecule has 3 rings (SSSR count). The maximum Gasteiger partial charge on any atom is 0.249 e. The summed E-state index contributed by atoms with van der Waals surface area (Å²) in [5, 5.41) is 8.71. The van der Waals surface area contributed by atoms with Crippen LogP contribution in [0.3, 0.4) is 0 Å². The molecule has 30 heavy (non-hydrogen) atoms. The van der Waals surface area contributed by atoms with Crippen LogP contribution in [0.25, 0.3) is 10.8 Å². The fourth-order valence-electron chi connectivity index (χ4n) is 3.20. The van der Waals surface area contributed by atoms with E-state index in [-0.39, 0.29) is 12.3 Å². The maximum absolute atomic E-state index is 12.1. The quantitative estimate of drug-likeness (QED) is 0.350. The topological polar surface area (TPSA) is 79.8 Å². The van der Waals surface area contributed by atoms with Crippen LogP contribution in [-0.4, -0.2) is 24.6 Å². The minimum absolute atomic E-state index is 0.311. The van der Waals surface area contributed by atoms with Crippen molar-refractivity contribution in [3.63, 3.8) is 0 Å². The number of hydrogen-bond acceptors (Lipinski definition) is 4. The molecule has 0 spiro atoms. The van der Waals surface area contributed by atoms with Gasteiger partial charge in [-0.25, -0.2) is 5.43 Å². The third kappa shape index (κ3) is 5.23. The molecule has 0 unspecified atom stereocenters. The highest BCUT2D eigenvalue weighted by Crippen LogP contribution is 2.27. The molecule has 0 aromatic heterocycles. The molecule has 0 heterocycles. The van der Waals surface area contributed by atoms with E-state index < -0.39 is 5.91 Å². The van der Waals surface area contributed by atoms with Gasteiger partial charge >= 0.3 is 0 Å². The second-order valence-electron chi connectivity index (χ2n) is 6.97. The summed E-state index contributed by atoms with van der Waals surface area (Å²) < 4.78 is 5.67. The van der Waals surface area contributed by atoms with Crippen molar-refractivity contribution in [2.24, 2.45) is 5.10 Å². The van der Waals surface area contributed by atoms with Crippen molar-refractivity contribution in [1.29, 1.82) is 0 Å². The van der Waals surface area contributed by atoms with E-state index >= 15 is 0 Å². The Morgan fingerprint density at radius 2 is 1.77 bits per heavy atom. The van der Waals surface area contributed by atoms with Crippen molar-refractivity contribution >= 4 is 34.5 Å². The molecule has 0 radical (unpaired) electrons. The Hall–Kier alpha value is -3.67. The van der Waals surface area contributed by atoms with Crippen molar-refractivity contribution in [2.75, 3.05) is 11.9 Å². The third-order valence-corrected chi connectivity index (χ3v) is 4.59. The Morgan fingerprint density at radius 3 is 2.50 bits per heavy atom. The molecular weight excluding hydrogens is 378 g/mol. The van der Waals surface area contributed by atoms with Gasteiger partial charge in [-0.3, -0.25) is 9.59 Å². The number of amides is 2. The minimum Gasteiger partial charge on any atom is -0.493 e. The number of ether oxygens (including phenoxy) is 1. The Bertz CT molecular complexity index is 1110. The molecule has 154 valence electrons. The molecular formula is C24H25N3O3. The largest absolute Gasteiger partial charge is 0.493 e. The lowest BCUT2D eigenvalue weighted by Gasteiger charge is -2.09. The van der Waals surface area contributed by atoms with E-state index in [9.17, 15) is 9.59 Å². The van der Waals surface area contributed by atoms with Gasteiger partial charge in [-0.15, -0.1) is 0 Å².